The molecule has 4 heteroatoms. The molecule has 1 aromatic carbocycles. The minimum atomic E-state index is -3.18. The van der Waals surface area contributed by atoms with E-state index >= 15 is 0 Å². The molecule has 0 spiro atoms. The maximum absolute atomic E-state index is 11.7. The van der Waals surface area contributed by atoms with E-state index in [1.165, 1.54) is 0 Å². The van der Waals surface area contributed by atoms with Crippen molar-refractivity contribution in [2.45, 2.75) is 18.2 Å². The van der Waals surface area contributed by atoms with Gasteiger partial charge in [0.25, 0.3) is 0 Å². The summed E-state index contributed by atoms with van der Waals surface area (Å²) in [5, 5.41) is 0. The molecule has 1 aromatic rings. The zero-order valence-corrected chi connectivity index (χ0v) is 10.3. The van der Waals surface area contributed by atoms with Gasteiger partial charge in [0.1, 0.15) is 0 Å². The van der Waals surface area contributed by atoms with Crippen molar-refractivity contribution in [3.8, 4) is 0 Å². The fraction of sp³-hybridized carbons (Fsp3) is 0.273. The highest BCUT2D eigenvalue weighted by Crippen LogP contribution is 2.23. The lowest BCUT2D eigenvalue weighted by Crippen LogP contribution is -1.96. The molecule has 0 radical (unpaired) electrons. The van der Waals surface area contributed by atoms with Gasteiger partial charge in [0.15, 0.2) is 0 Å². The van der Waals surface area contributed by atoms with E-state index in [4.69, 9.17) is 0 Å². The van der Waals surface area contributed by atoms with Crippen LogP contribution < -0.4 is 0 Å². The standard InChI is InChI=1S/C11H14O2S2/c1-3-4-9-14-15(12,13)11-7-5-10(2)6-8-11/h3,5-8H,1,4,9H2,2H3. The van der Waals surface area contributed by atoms with Crippen molar-refractivity contribution in [2.24, 2.45) is 0 Å². The van der Waals surface area contributed by atoms with Gasteiger partial charge in [-0.1, -0.05) is 23.8 Å². The molecule has 0 aliphatic carbocycles. The van der Waals surface area contributed by atoms with Crippen LogP contribution in [0.25, 0.3) is 0 Å². The Morgan fingerprint density at radius 3 is 2.47 bits per heavy atom. The highest BCUT2D eigenvalue weighted by Gasteiger charge is 2.13. The molecule has 82 valence electrons. The summed E-state index contributed by atoms with van der Waals surface area (Å²) < 4.78 is 23.5. The van der Waals surface area contributed by atoms with Gasteiger partial charge in [0.2, 0.25) is 8.87 Å². The van der Waals surface area contributed by atoms with Gasteiger partial charge in [-0.2, -0.15) is 0 Å². The molecule has 15 heavy (non-hydrogen) atoms. The molecule has 0 aliphatic rings. The molecule has 0 N–H and O–H groups in total. The van der Waals surface area contributed by atoms with E-state index in [-0.39, 0.29) is 0 Å². The third-order valence-corrected chi connectivity index (χ3v) is 5.44. The van der Waals surface area contributed by atoms with Crippen molar-refractivity contribution < 1.29 is 8.42 Å². The zero-order valence-electron chi connectivity index (χ0n) is 8.64. The van der Waals surface area contributed by atoms with E-state index in [1.807, 2.05) is 6.92 Å². The second-order valence-electron chi connectivity index (χ2n) is 3.17. The van der Waals surface area contributed by atoms with Crippen LogP contribution in [0, 0.1) is 6.92 Å². The highest BCUT2D eigenvalue weighted by molar-refractivity contribution is 8.72. The summed E-state index contributed by atoms with van der Waals surface area (Å²) >= 11 is 0. The van der Waals surface area contributed by atoms with Crippen LogP contribution in [-0.4, -0.2) is 14.2 Å². The van der Waals surface area contributed by atoms with E-state index in [0.717, 1.165) is 16.4 Å². The van der Waals surface area contributed by atoms with Crippen LogP contribution in [0.15, 0.2) is 41.8 Å². The average Bonchev–Trinajstić information content (AvgIpc) is 2.18. The summed E-state index contributed by atoms with van der Waals surface area (Å²) in [5.74, 6) is 0.555. The van der Waals surface area contributed by atoms with Gasteiger partial charge in [-0.05, 0) is 36.3 Å². The molecule has 0 fully saturated rings. The van der Waals surface area contributed by atoms with Gasteiger partial charge in [-0.15, -0.1) is 6.58 Å². The Morgan fingerprint density at radius 2 is 1.93 bits per heavy atom. The van der Waals surface area contributed by atoms with Crippen molar-refractivity contribution in [1.29, 1.82) is 0 Å². The summed E-state index contributed by atoms with van der Waals surface area (Å²) in [5.41, 5.74) is 1.06. The maximum Gasteiger partial charge on any atom is 0.230 e. The van der Waals surface area contributed by atoms with Gasteiger partial charge >= 0.3 is 0 Å². The molecule has 0 heterocycles. The van der Waals surface area contributed by atoms with Crippen molar-refractivity contribution in [2.75, 3.05) is 5.75 Å². The molecule has 0 amide bonds. The first-order valence-electron chi connectivity index (χ1n) is 4.63. The molecule has 0 saturated carbocycles. The first-order valence-corrected chi connectivity index (χ1v) is 7.62. The largest absolute Gasteiger partial charge is 0.230 e. The molecule has 0 saturated heterocycles. The van der Waals surface area contributed by atoms with Crippen LogP contribution >= 0.6 is 10.8 Å². The van der Waals surface area contributed by atoms with Crippen molar-refractivity contribution in [3.05, 3.63) is 42.5 Å². The smallest absolute Gasteiger partial charge is 0.212 e. The van der Waals surface area contributed by atoms with E-state index in [0.29, 0.717) is 17.1 Å². The van der Waals surface area contributed by atoms with E-state index < -0.39 is 8.87 Å². The van der Waals surface area contributed by atoms with Gasteiger partial charge in [-0.25, -0.2) is 8.42 Å². The van der Waals surface area contributed by atoms with Gasteiger partial charge in [0, 0.05) is 5.75 Å². The van der Waals surface area contributed by atoms with Crippen LogP contribution in [0.5, 0.6) is 0 Å². The lowest BCUT2D eigenvalue weighted by atomic mass is 10.2. The maximum atomic E-state index is 11.7. The van der Waals surface area contributed by atoms with Gasteiger partial charge < -0.3 is 0 Å². The minimum Gasteiger partial charge on any atom is -0.212 e. The van der Waals surface area contributed by atoms with Crippen molar-refractivity contribution in [1.82, 2.24) is 0 Å². The Kier molecular flexibility index (Phi) is 4.42. The van der Waals surface area contributed by atoms with Crippen LogP contribution in [0.4, 0.5) is 0 Å². The van der Waals surface area contributed by atoms with Crippen LogP contribution in [0.2, 0.25) is 0 Å². The first kappa shape index (κ1) is 12.3. The zero-order chi connectivity index (χ0) is 11.3. The summed E-state index contributed by atoms with van der Waals surface area (Å²) in [6.07, 6.45) is 2.42. The Bertz CT molecular complexity index is 418. The molecule has 0 bridgehead atoms. The fourth-order valence-electron chi connectivity index (χ4n) is 1.01. The number of aryl methyl sites for hydroxylation is 1. The molecule has 0 unspecified atom stereocenters. The molecule has 0 aromatic heterocycles. The van der Waals surface area contributed by atoms with Crippen LogP contribution in [-0.2, 0) is 8.87 Å². The predicted octanol–water partition coefficient (Wildman–Crippen LogP) is 2.99. The fourth-order valence-corrected chi connectivity index (χ4v) is 3.79. The van der Waals surface area contributed by atoms with Crippen molar-refractivity contribution in [3.63, 3.8) is 0 Å². The summed E-state index contributed by atoms with van der Waals surface area (Å²) in [7, 11) is -2.22. The van der Waals surface area contributed by atoms with Crippen LogP contribution in [0.1, 0.15) is 12.0 Å². The monoisotopic (exact) mass is 242 g/mol. The van der Waals surface area contributed by atoms with E-state index in [1.54, 1.807) is 30.3 Å². The normalized spacial score (nSPS) is 11.3. The Labute approximate surface area is 94.7 Å². The Morgan fingerprint density at radius 1 is 1.33 bits per heavy atom. The second kappa shape index (κ2) is 5.37. The average molecular weight is 242 g/mol. The number of rotatable bonds is 5. The van der Waals surface area contributed by atoms with Gasteiger partial charge in [0.05, 0.1) is 4.90 Å². The summed E-state index contributed by atoms with van der Waals surface area (Å²) in [6.45, 7) is 5.49. The quantitative estimate of drug-likeness (QED) is 0.452. The molecule has 2 nitrogen and oxygen atoms in total. The molecular weight excluding hydrogens is 228 g/mol. The molecule has 0 aliphatic heterocycles. The number of hydrogen-bond acceptors (Lipinski definition) is 3. The summed E-state index contributed by atoms with van der Waals surface area (Å²) in [4.78, 5) is 0.377. The lowest BCUT2D eigenvalue weighted by Gasteiger charge is -2.02. The van der Waals surface area contributed by atoms with Gasteiger partial charge in [-0.3, -0.25) is 0 Å². The molecular formula is C11H14O2S2. The number of hydrogen-bond donors (Lipinski definition) is 0. The van der Waals surface area contributed by atoms with Crippen molar-refractivity contribution >= 4 is 19.7 Å². The van der Waals surface area contributed by atoms with E-state index in [9.17, 15) is 8.42 Å². The SMILES string of the molecule is C=CCCSS(=O)(=O)c1ccc(C)cc1. The predicted molar refractivity (Wildman–Crippen MR) is 65.6 cm³/mol. The number of allylic oxidation sites excluding steroid dienone is 1. The molecule has 1 rings (SSSR count). The lowest BCUT2D eigenvalue weighted by molar-refractivity contribution is 0.610. The third-order valence-electron chi connectivity index (χ3n) is 1.87. The third kappa shape index (κ3) is 3.72. The Balaban J connectivity index is 2.77. The second-order valence-corrected chi connectivity index (χ2v) is 7.21. The number of benzene rings is 1. The summed E-state index contributed by atoms with van der Waals surface area (Å²) in [6, 6.07) is 6.90. The Hall–Kier alpha value is -0.740. The minimum absolute atomic E-state index is 0.377. The highest BCUT2D eigenvalue weighted by atomic mass is 33.1. The first-order chi connectivity index (χ1) is 7.06. The topological polar surface area (TPSA) is 34.1 Å². The van der Waals surface area contributed by atoms with Crippen LogP contribution in [0.3, 0.4) is 0 Å². The van der Waals surface area contributed by atoms with E-state index in [2.05, 4.69) is 6.58 Å². The molecule has 0 atom stereocenters.